The van der Waals surface area contributed by atoms with Gasteiger partial charge in [-0.25, -0.2) is 0 Å². The van der Waals surface area contributed by atoms with Gasteiger partial charge in [-0.1, -0.05) is 34.7 Å². The summed E-state index contributed by atoms with van der Waals surface area (Å²) in [4.78, 5) is 2.52. The van der Waals surface area contributed by atoms with E-state index in [1.165, 1.54) is 0 Å². The molecule has 0 aliphatic heterocycles. The molecule has 138 valence electrons. The molecule has 0 bridgehead atoms. The van der Waals surface area contributed by atoms with Crippen molar-refractivity contribution in [1.82, 2.24) is 10.2 Å². The lowest BCUT2D eigenvalue weighted by molar-refractivity contribution is 0.326. The molecule has 1 unspecified atom stereocenters. The van der Waals surface area contributed by atoms with E-state index in [2.05, 4.69) is 65.8 Å². The minimum atomic E-state index is 0.111. The molecule has 0 fully saturated rings. The van der Waals surface area contributed by atoms with Crippen molar-refractivity contribution >= 4 is 15.9 Å². The maximum Gasteiger partial charge on any atom is 0.0642 e. The van der Waals surface area contributed by atoms with E-state index in [9.17, 15) is 5.11 Å². The largest absolute Gasteiger partial charge is 0.392 e. The van der Waals surface area contributed by atoms with Crippen LogP contribution in [0.4, 0.5) is 0 Å². The fraction of sp³-hybridized carbons (Fsp3) is 0.579. The third-order valence-electron chi connectivity index (χ3n) is 3.87. The van der Waals surface area contributed by atoms with Crippen LogP contribution in [-0.2, 0) is 0 Å². The SMILES string of the molecule is C=C(C/C(CN)=C(\C=CC(C)Br)N(C)CC)NCC/C(=C/C)CO. The van der Waals surface area contributed by atoms with Crippen LogP contribution in [0.25, 0.3) is 0 Å². The highest BCUT2D eigenvalue weighted by molar-refractivity contribution is 9.09. The molecule has 0 rings (SSSR count). The van der Waals surface area contributed by atoms with E-state index in [0.717, 1.165) is 48.5 Å². The monoisotopic (exact) mass is 399 g/mol. The third-order valence-corrected chi connectivity index (χ3v) is 4.18. The van der Waals surface area contributed by atoms with Crippen LogP contribution in [0.5, 0.6) is 0 Å². The Bertz CT molecular complexity index is 467. The first-order valence-corrected chi connectivity index (χ1v) is 9.43. The fourth-order valence-electron chi connectivity index (χ4n) is 2.21. The number of likely N-dealkylation sites (N-methyl/N-ethyl adjacent to an activating group) is 1. The number of nitrogens with two attached hydrogens (primary N) is 1. The zero-order valence-corrected chi connectivity index (χ0v) is 17.2. The van der Waals surface area contributed by atoms with Gasteiger partial charge in [-0.2, -0.15) is 0 Å². The summed E-state index contributed by atoms with van der Waals surface area (Å²) < 4.78 is 0. The summed E-state index contributed by atoms with van der Waals surface area (Å²) in [6.45, 7) is 12.6. The molecule has 24 heavy (non-hydrogen) atoms. The molecular weight excluding hydrogens is 366 g/mol. The van der Waals surface area contributed by atoms with Gasteiger partial charge in [0.25, 0.3) is 0 Å². The van der Waals surface area contributed by atoms with Crippen molar-refractivity contribution in [3.8, 4) is 0 Å². The van der Waals surface area contributed by atoms with Crippen molar-refractivity contribution in [2.24, 2.45) is 5.73 Å². The zero-order valence-electron chi connectivity index (χ0n) is 15.6. The average Bonchev–Trinajstić information content (AvgIpc) is 2.57. The number of aliphatic hydroxyl groups excluding tert-OH is 1. The molecule has 0 amide bonds. The van der Waals surface area contributed by atoms with Crippen molar-refractivity contribution in [2.75, 3.05) is 33.3 Å². The topological polar surface area (TPSA) is 61.5 Å². The Morgan fingerprint density at radius 1 is 1.46 bits per heavy atom. The molecule has 1 atom stereocenters. The first-order valence-electron chi connectivity index (χ1n) is 8.51. The number of rotatable bonds is 12. The molecule has 0 aromatic rings. The van der Waals surface area contributed by atoms with Crippen molar-refractivity contribution in [1.29, 1.82) is 0 Å². The number of nitrogens with zero attached hydrogens (tertiary/aromatic N) is 1. The Balaban J connectivity index is 4.95. The number of aliphatic hydroxyl groups is 1. The van der Waals surface area contributed by atoms with E-state index < -0.39 is 0 Å². The van der Waals surface area contributed by atoms with Gasteiger partial charge in [-0.3, -0.25) is 0 Å². The van der Waals surface area contributed by atoms with Crippen LogP contribution in [0, 0.1) is 0 Å². The maximum atomic E-state index is 9.18. The molecule has 0 aromatic carbocycles. The van der Waals surface area contributed by atoms with E-state index in [1.807, 2.05) is 13.0 Å². The average molecular weight is 400 g/mol. The molecule has 0 saturated carbocycles. The summed E-state index contributed by atoms with van der Waals surface area (Å²) in [6, 6.07) is 0. The van der Waals surface area contributed by atoms with Crippen LogP contribution in [-0.4, -0.2) is 48.1 Å². The molecule has 0 heterocycles. The van der Waals surface area contributed by atoms with Gasteiger partial charge in [0.2, 0.25) is 0 Å². The van der Waals surface area contributed by atoms with Gasteiger partial charge < -0.3 is 21.1 Å². The Hall–Kier alpha value is -1.04. The third kappa shape index (κ3) is 9.30. The van der Waals surface area contributed by atoms with Crippen molar-refractivity contribution < 1.29 is 5.11 Å². The first-order chi connectivity index (χ1) is 11.4. The molecule has 4 nitrogen and oxygen atoms in total. The summed E-state index contributed by atoms with van der Waals surface area (Å²) in [5.41, 5.74) is 10.3. The Morgan fingerprint density at radius 3 is 2.58 bits per heavy atom. The summed E-state index contributed by atoms with van der Waals surface area (Å²) in [5.74, 6) is 0. The second kappa shape index (κ2) is 13.3. The Kier molecular flexibility index (Phi) is 12.7. The van der Waals surface area contributed by atoms with Crippen LogP contribution in [0.1, 0.15) is 33.6 Å². The molecular formula is C19H34BrN3O. The van der Waals surface area contributed by atoms with Gasteiger partial charge in [0.15, 0.2) is 0 Å². The summed E-state index contributed by atoms with van der Waals surface area (Å²) in [7, 11) is 2.07. The molecule has 0 radical (unpaired) electrons. The lowest BCUT2D eigenvalue weighted by Crippen LogP contribution is -2.23. The second-order valence-corrected chi connectivity index (χ2v) is 7.25. The highest BCUT2D eigenvalue weighted by Gasteiger charge is 2.09. The lowest BCUT2D eigenvalue weighted by atomic mass is 10.1. The van der Waals surface area contributed by atoms with Crippen LogP contribution in [0.15, 0.2) is 47.3 Å². The summed E-state index contributed by atoms with van der Waals surface area (Å²) in [6.07, 6.45) is 7.74. The summed E-state index contributed by atoms with van der Waals surface area (Å²) in [5, 5.41) is 12.5. The van der Waals surface area contributed by atoms with Crippen molar-refractivity contribution in [3.05, 3.63) is 47.3 Å². The van der Waals surface area contributed by atoms with Gasteiger partial charge in [0.05, 0.1) is 6.61 Å². The number of halogens is 1. The van der Waals surface area contributed by atoms with E-state index in [4.69, 9.17) is 5.73 Å². The van der Waals surface area contributed by atoms with Crippen LogP contribution in [0.3, 0.4) is 0 Å². The number of allylic oxidation sites excluding steroid dienone is 4. The highest BCUT2D eigenvalue weighted by Crippen LogP contribution is 2.17. The normalized spacial score (nSPS) is 14.5. The predicted molar refractivity (Wildman–Crippen MR) is 109 cm³/mol. The number of alkyl halides is 1. The van der Waals surface area contributed by atoms with Crippen molar-refractivity contribution in [3.63, 3.8) is 0 Å². The molecule has 4 N–H and O–H groups in total. The number of hydrogen-bond acceptors (Lipinski definition) is 4. The van der Waals surface area contributed by atoms with E-state index in [-0.39, 0.29) is 6.61 Å². The highest BCUT2D eigenvalue weighted by atomic mass is 79.9. The van der Waals surface area contributed by atoms with Crippen LogP contribution >= 0.6 is 15.9 Å². The Labute approximate surface area is 156 Å². The quantitative estimate of drug-likeness (QED) is 0.267. The molecule has 5 heteroatoms. The molecule has 0 aliphatic rings. The summed E-state index contributed by atoms with van der Waals surface area (Å²) >= 11 is 3.54. The maximum absolute atomic E-state index is 9.18. The van der Waals surface area contributed by atoms with Crippen LogP contribution in [0.2, 0.25) is 0 Å². The standard InChI is InChI=1S/C19H34BrN3O/c1-6-17(14-24)10-11-22-16(4)12-18(13-21)19(23(5)7-2)9-8-15(3)20/h6,8-9,15,22,24H,4,7,10-14,21H2,1-3,5H3/b9-8?,17-6-,19-18-. The van der Waals surface area contributed by atoms with Gasteiger partial charge in [0.1, 0.15) is 0 Å². The zero-order chi connectivity index (χ0) is 18.5. The molecule has 0 spiro atoms. The van der Waals surface area contributed by atoms with Gasteiger partial charge in [-0.05, 0) is 44.4 Å². The minimum Gasteiger partial charge on any atom is -0.392 e. The van der Waals surface area contributed by atoms with E-state index in [0.29, 0.717) is 11.4 Å². The fourth-order valence-corrected chi connectivity index (χ4v) is 2.36. The lowest BCUT2D eigenvalue weighted by Gasteiger charge is -2.23. The van der Waals surface area contributed by atoms with Crippen molar-refractivity contribution in [2.45, 2.75) is 38.4 Å². The molecule has 0 aromatic heterocycles. The first kappa shape index (κ1) is 23.0. The molecule has 0 saturated heterocycles. The van der Waals surface area contributed by atoms with Crippen LogP contribution < -0.4 is 11.1 Å². The Morgan fingerprint density at radius 2 is 2.12 bits per heavy atom. The van der Waals surface area contributed by atoms with Gasteiger partial charge in [0, 0.05) is 49.3 Å². The van der Waals surface area contributed by atoms with Gasteiger partial charge >= 0.3 is 0 Å². The van der Waals surface area contributed by atoms with E-state index in [1.54, 1.807) is 0 Å². The number of hydrogen-bond donors (Lipinski definition) is 3. The predicted octanol–water partition coefficient (Wildman–Crippen LogP) is 3.31. The van der Waals surface area contributed by atoms with E-state index >= 15 is 0 Å². The minimum absolute atomic E-state index is 0.111. The smallest absolute Gasteiger partial charge is 0.0642 e. The van der Waals surface area contributed by atoms with Gasteiger partial charge in [-0.15, -0.1) is 0 Å². The molecule has 0 aliphatic carbocycles. The number of nitrogens with one attached hydrogen (secondary N) is 1. The second-order valence-electron chi connectivity index (χ2n) is 5.81.